The van der Waals surface area contributed by atoms with Crippen LogP contribution < -0.4 is 10.7 Å². The van der Waals surface area contributed by atoms with Gasteiger partial charge in [-0.3, -0.25) is 9.59 Å². The molecule has 1 amide bonds. The minimum Gasteiger partial charge on any atom is -0.364 e. The number of rotatable bonds is 2. The third-order valence-electron chi connectivity index (χ3n) is 3.45. The second kappa shape index (κ2) is 4.92. The van der Waals surface area contributed by atoms with Crippen LogP contribution in [0.1, 0.15) is 28.0 Å². The van der Waals surface area contributed by atoms with Gasteiger partial charge in [0.05, 0.1) is 0 Å². The van der Waals surface area contributed by atoms with Crippen LogP contribution in [0.15, 0.2) is 35.3 Å². The molecule has 1 aliphatic rings. The predicted molar refractivity (Wildman–Crippen MR) is 73.4 cm³/mol. The van der Waals surface area contributed by atoms with Gasteiger partial charge in [-0.05, 0) is 37.5 Å². The second-order valence-electron chi connectivity index (χ2n) is 4.81. The molecule has 0 unspecified atom stereocenters. The summed E-state index contributed by atoms with van der Waals surface area (Å²) in [5.74, 6) is -0.961. The molecule has 0 saturated carbocycles. The number of benzene rings is 1. The molecule has 0 radical (unpaired) electrons. The van der Waals surface area contributed by atoms with Crippen molar-refractivity contribution in [3.05, 3.63) is 63.3 Å². The number of fused-ring (bicyclic) bond motifs is 1. The maximum Gasteiger partial charge on any atom is 0.261 e. The van der Waals surface area contributed by atoms with Gasteiger partial charge in [-0.2, -0.15) is 0 Å². The molecule has 20 heavy (non-hydrogen) atoms. The summed E-state index contributed by atoms with van der Waals surface area (Å²) in [6.45, 7) is 0. The zero-order valence-electron chi connectivity index (χ0n) is 10.7. The highest BCUT2D eigenvalue weighted by atomic mass is 19.1. The van der Waals surface area contributed by atoms with Crippen LogP contribution in [0.5, 0.6) is 0 Å². The van der Waals surface area contributed by atoms with Gasteiger partial charge in [-0.1, -0.05) is 6.07 Å². The fourth-order valence-corrected chi connectivity index (χ4v) is 2.47. The largest absolute Gasteiger partial charge is 0.364 e. The average Bonchev–Trinajstić information content (AvgIpc) is 2.88. The van der Waals surface area contributed by atoms with E-state index in [0.717, 1.165) is 18.5 Å². The molecule has 0 bridgehead atoms. The number of nitrogens with one attached hydrogen (secondary N) is 2. The van der Waals surface area contributed by atoms with Gasteiger partial charge >= 0.3 is 0 Å². The molecule has 1 aromatic heterocycles. The van der Waals surface area contributed by atoms with Crippen LogP contribution in [-0.4, -0.2) is 10.9 Å². The Balaban J connectivity index is 1.90. The fourth-order valence-electron chi connectivity index (χ4n) is 2.47. The smallest absolute Gasteiger partial charge is 0.261 e. The number of hydrogen-bond donors (Lipinski definition) is 2. The van der Waals surface area contributed by atoms with Crippen molar-refractivity contribution in [2.24, 2.45) is 0 Å². The van der Waals surface area contributed by atoms with Gasteiger partial charge in [0.25, 0.3) is 5.91 Å². The first-order chi connectivity index (χ1) is 9.65. The highest BCUT2D eigenvalue weighted by molar-refractivity contribution is 6.04. The molecule has 1 aliphatic carbocycles. The number of hydrogen-bond acceptors (Lipinski definition) is 2. The molecule has 2 N–H and O–H groups in total. The number of aromatic amines is 1. The molecule has 1 heterocycles. The molecule has 5 heteroatoms. The van der Waals surface area contributed by atoms with E-state index in [1.54, 1.807) is 6.07 Å². The Labute approximate surface area is 114 Å². The van der Waals surface area contributed by atoms with Crippen LogP contribution in [0.4, 0.5) is 10.1 Å². The quantitative estimate of drug-likeness (QED) is 0.880. The Morgan fingerprint density at radius 3 is 2.95 bits per heavy atom. The molecule has 102 valence electrons. The lowest BCUT2D eigenvalue weighted by Crippen LogP contribution is -2.24. The number of anilines is 1. The molecule has 1 aromatic carbocycles. The van der Waals surface area contributed by atoms with E-state index >= 15 is 0 Å². The Kier molecular flexibility index (Phi) is 3.10. The van der Waals surface area contributed by atoms with E-state index in [1.165, 1.54) is 24.4 Å². The summed E-state index contributed by atoms with van der Waals surface area (Å²) >= 11 is 0. The number of aryl methyl sites for hydroxylation is 1. The number of carbonyl (C=O) groups is 1. The third kappa shape index (κ3) is 2.22. The van der Waals surface area contributed by atoms with Gasteiger partial charge in [0.1, 0.15) is 11.4 Å². The number of carbonyl (C=O) groups excluding carboxylic acids is 1. The molecule has 3 rings (SSSR count). The summed E-state index contributed by atoms with van der Waals surface area (Å²) in [6, 6.07) is 5.57. The van der Waals surface area contributed by atoms with Gasteiger partial charge in [-0.25, -0.2) is 4.39 Å². The van der Waals surface area contributed by atoms with E-state index in [0.29, 0.717) is 17.7 Å². The third-order valence-corrected chi connectivity index (χ3v) is 3.45. The Hall–Kier alpha value is -2.43. The van der Waals surface area contributed by atoms with E-state index < -0.39 is 11.7 Å². The minimum atomic E-state index is -0.522. The van der Waals surface area contributed by atoms with Crippen LogP contribution >= 0.6 is 0 Å². The standard InChI is InChI=1S/C15H13FN2O2/c16-9-3-1-4-10(7-9)18-15(20)12-8-17-13-6-2-5-11(13)14(12)19/h1,3-4,7-8H,2,5-6H2,(H,17,19)(H,18,20). The maximum atomic E-state index is 13.1. The average molecular weight is 272 g/mol. The molecule has 0 fully saturated rings. The van der Waals surface area contributed by atoms with E-state index in [-0.39, 0.29) is 11.0 Å². The highest BCUT2D eigenvalue weighted by Crippen LogP contribution is 2.17. The van der Waals surface area contributed by atoms with E-state index in [2.05, 4.69) is 10.3 Å². The van der Waals surface area contributed by atoms with E-state index in [4.69, 9.17) is 0 Å². The summed E-state index contributed by atoms with van der Waals surface area (Å²) in [4.78, 5) is 27.3. The van der Waals surface area contributed by atoms with Crippen molar-refractivity contribution in [1.82, 2.24) is 4.98 Å². The first kappa shape index (κ1) is 12.6. The molecular formula is C15H13FN2O2. The SMILES string of the molecule is O=C(Nc1cccc(F)c1)c1c[nH]c2c(c1=O)CCC2. The van der Waals surface area contributed by atoms with Crippen LogP contribution in [0.2, 0.25) is 0 Å². The Morgan fingerprint density at radius 2 is 2.15 bits per heavy atom. The maximum absolute atomic E-state index is 13.1. The fraction of sp³-hybridized carbons (Fsp3) is 0.200. The second-order valence-corrected chi connectivity index (χ2v) is 4.81. The van der Waals surface area contributed by atoms with Gasteiger partial charge in [0.15, 0.2) is 5.43 Å². The molecule has 0 atom stereocenters. The molecule has 0 spiro atoms. The molecular weight excluding hydrogens is 259 g/mol. The van der Waals surface area contributed by atoms with Crippen LogP contribution in [-0.2, 0) is 12.8 Å². The van der Waals surface area contributed by atoms with Gasteiger partial charge < -0.3 is 10.3 Å². The summed E-state index contributed by atoms with van der Waals surface area (Å²) < 4.78 is 13.1. The van der Waals surface area contributed by atoms with Crippen LogP contribution in [0.25, 0.3) is 0 Å². The van der Waals surface area contributed by atoms with Crippen molar-refractivity contribution >= 4 is 11.6 Å². The zero-order chi connectivity index (χ0) is 14.1. The monoisotopic (exact) mass is 272 g/mol. The number of pyridine rings is 1. The van der Waals surface area contributed by atoms with Crippen molar-refractivity contribution in [2.75, 3.05) is 5.32 Å². The lowest BCUT2D eigenvalue weighted by Gasteiger charge is -2.06. The zero-order valence-corrected chi connectivity index (χ0v) is 10.7. The predicted octanol–water partition coefficient (Wildman–Crippen LogP) is 2.25. The van der Waals surface area contributed by atoms with Crippen LogP contribution in [0, 0.1) is 5.82 Å². The number of H-pyrrole nitrogens is 1. The normalized spacial score (nSPS) is 13.1. The lowest BCUT2D eigenvalue weighted by atomic mass is 10.1. The first-order valence-electron chi connectivity index (χ1n) is 6.45. The minimum absolute atomic E-state index is 0.0647. The summed E-state index contributed by atoms with van der Waals surface area (Å²) in [6.07, 6.45) is 3.90. The van der Waals surface area contributed by atoms with Crippen LogP contribution in [0.3, 0.4) is 0 Å². The van der Waals surface area contributed by atoms with E-state index in [1.807, 2.05) is 0 Å². The Bertz CT molecular complexity index is 737. The van der Waals surface area contributed by atoms with Crippen molar-refractivity contribution in [1.29, 1.82) is 0 Å². The van der Waals surface area contributed by atoms with Crippen molar-refractivity contribution in [2.45, 2.75) is 19.3 Å². The number of halogens is 1. The topological polar surface area (TPSA) is 62.0 Å². The summed E-state index contributed by atoms with van der Waals surface area (Å²) in [5, 5.41) is 2.53. The number of aromatic nitrogens is 1. The lowest BCUT2D eigenvalue weighted by molar-refractivity contribution is 0.102. The number of amides is 1. The van der Waals surface area contributed by atoms with Crippen molar-refractivity contribution in [3.63, 3.8) is 0 Å². The summed E-state index contributed by atoms with van der Waals surface area (Å²) in [7, 11) is 0. The van der Waals surface area contributed by atoms with Crippen molar-refractivity contribution < 1.29 is 9.18 Å². The first-order valence-corrected chi connectivity index (χ1v) is 6.45. The highest BCUT2D eigenvalue weighted by Gasteiger charge is 2.20. The molecule has 0 aliphatic heterocycles. The molecule has 2 aromatic rings. The molecule has 0 saturated heterocycles. The van der Waals surface area contributed by atoms with Gasteiger partial charge in [0.2, 0.25) is 0 Å². The summed E-state index contributed by atoms with van der Waals surface area (Å²) in [5.41, 5.74) is 1.77. The van der Waals surface area contributed by atoms with Gasteiger partial charge in [0, 0.05) is 23.1 Å². The van der Waals surface area contributed by atoms with Gasteiger partial charge in [-0.15, -0.1) is 0 Å². The molecule has 4 nitrogen and oxygen atoms in total. The van der Waals surface area contributed by atoms with E-state index in [9.17, 15) is 14.0 Å². The Morgan fingerprint density at radius 1 is 1.30 bits per heavy atom. The van der Waals surface area contributed by atoms with Crippen molar-refractivity contribution in [3.8, 4) is 0 Å².